The van der Waals surface area contributed by atoms with Crippen LogP contribution in [-0.4, -0.2) is 21.1 Å². The molecule has 0 spiro atoms. The molecular formula is C21H16ClN3OS2. The maximum Gasteiger partial charge on any atom is 0.237 e. The molecule has 2 aromatic heterocycles. The SMILES string of the molecule is C[C@H](Sc1ncnc2scc(-c3ccccc3)c12)C(=O)Nc1cccc(Cl)c1. The number of nitrogens with one attached hydrogen (secondary N) is 1. The molecule has 0 saturated heterocycles. The van der Waals surface area contributed by atoms with Crippen molar-refractivity contribution >= 4 is 56.5 Å². The Balaban J connectivity index is 1.61. The molecule has 0 fully saturated rings. The molecule has 0 aliphatic carbocycles. The summed E-state index contributed by atoms with van der Waals surface area (Å²) in [4.78, 5) is 22.4. The van der Waals surface area contributed by atoms with E-state index in [1.807, 2.05) is 31.2 Å². The lowest BCUT2D eigenvalue weighted by Crippen LogP contribution is -2.22. The molecule has 1 atom stereocenters. The number of thioether (sulfide) groups is 1. The lowest BCUT2D eigenvalue weighted by Gasteiger charge is -2.13. The number of nitrogens with zero attached hydrogens (tertiary/aromatic N) is 2. The minimum atomic E-state index is -0.333. The molecule has 0 unspecified atom stereocenters. The van der Waals surface area contributed by atoms with Crippen molar-refractivity contribution in [2.24, 2.45) is 0 Å². The third kappa shape index (κ3) is 4.04. The zero-order valence-corrected chi connectivity index (χ0v) is 17.3. The number of benzene rings is 2. The standard InChI is InChI=1S/C21H16ClN3OS2/c1-13(19(26)25-16-9-5-8-15(22)10-16)28-21-18-17(14-6-3-2-4-7-14)11-27-20(18)23-12-24-21/h2-13H,1H3,(H,25,26)/t13-/m0/s1. The van der Waals surface area contributed by atoms with Crippen molar-refractivity contribution in [2.75, 3.05) is 5.32 Å². The summed E-state index contributed by atoms with van der Waals surface area (Å²) in [6.45, 7) is 1.87. The van der Waals surface area contributed by atoms with Gasteiger partial charge in [0.05, 0.1) is 10.6 Å². The van der Waals surface area contributed by atoms with E-state index in [1.165, 1.54) is 11.8 Å². The zero-order chi connectivity index (χ0) is 19.5. The quantitative estimate of drug-likeness (QED) is 0.308. The summed E-state index contributed by atoms with van der Waals surface area (Å²) in [5.41, 5.74) is 2.88. The van der Waals surface area contributed by atoms with Crippen molar-refractivity contribution in [1.82, 2.24) is 9.97 Å². The normalized spacial score (nSPS) is 12.1. The fourth-order valence-electron chi connectivity index (χ4n) is 2.80. The molecule has 0 radical (unpaired) electrons. The van der Waals surface area contributed by atoms with Gasteiger partial charge in [-0.15, -0.1) is 11.3 Å². The first-order valence-corrected chi connectivity index (χ1v) is 10.8. The second-order valence-corrected chi connectivity index (χ2v) is 8.76. The zero-order valence-electron chi connectivity index (χ0n) is 14.9. The second-order valence-electron chi connectivity index (χ2n) is 6.13. The Kier molecular flexibility index (Phi) is 5.62. The van der Waals surface area contributed by atoms with Crippen LogP contribution in [0.1, 0.15) is 6.92 Å². The van der Waals surface area contributed by atoms with Gasteiger partial charge in [0.15, 0.2) is 0 Å². The van der Waals surface area contributed by atoms with Gasteiger partial charge in [0.2, 0.25) is 5.91 Å². The molecule has 2 aromatic carbocycles. The Morgan fingerprint density at radius 1 is 1.14 bits per heavy atom. The van der Waals surface area contributed by atoms with Crippen LogP contribution >= 0.6 is 34.7 Å². The van der Waals surface area contributed by atoms with E-state index in [-0.39, 0.29) is 11.2 Å². The Hall–Kier alpha value is -2.41. The van der Waals surface area contributed by atoms with Crippen LogP contribution in [-0.2, 0) is 4.79 Å². The number of hydrogen-bond donors (Lipinski definition) is 1. The number of fused-ring (bicyclic) bond motifs is 1. The van der Waals surface area contributed by atoms with Crippen LogP contribution in [0.25, 0.3) is 21.3 Å². The Labute approximate surface area is 176 Å². The lowest BCUT2D eigenvalue weighted by molar-refractivity contribution is -0.115. The van der Waals surface area contributed by atoms with Crippen molar-refractivity contribution < 1.29 is 4.79 Å². The maximum absolute atomic E-state index is 12.6. The van der Waals surface area contributed by atoms with Gasteiger partial charge in [-0.1, -0.05) is 59.8 Å². The topological polar surface area (TPSA) is 54.9 Å². The Morgan fingerprint density at radius 2 is 1.96 bits per heavy atom. The molecule has 0 aliphatic rings. The van der Waals surface area contributed by atoms with E-state index >= 15 is 0 Å². The van der Waals surface area contributed by atoms with E-state index in [4.69, 9.17) is 11.6 Å². The van der Waals surface area contributed by atoms with Crippen LogP contribution in [0.4, 0.5) is 5.69 Å². The molecule has 2 heterocycles. The van der Waals surface area contributed by atoms with Gasteiger partial charge >= 0.3 is 0 Å². The van der Waals surface area contributed by atoms with Crippen LogP contribution in [0.3, 0.4) is 0 Å². The maximum atomic E-state index is 12.6. The van der Waals surface area contributed by atoms with Gasteiger partial charge in [0.1, 0.15) is 16.2 Å². The molecule has 1 N–H and O–H groups in total. The Morgan fingerprint density at radius 3 is 2.75 bits per heavy atom. The molecule has 4 aromatic rings. The highest BCUT2D eigenvalue weighted by molar-refractivity contribution is 8.00. The summed E-state index contributed by atoms with van der Waals surface area (Å²) >= 11 is 9.01. The number of amides is 1. The summed E-state index contributed by atoms with van der Waals surface area (Å²) in [7, 11) is 0. The lowest BCUT2D eigenvalue weighted by atomic mass is 10.1. The summed E-state index contributed by atoms with van der Waals surface area (Å²) in [5, 5.41) is 7.05. The fourth-order valence-corrected chi connectivity index (χ4v) is 4.90. The van der Waals surface area contributed by atoms with E-state index < -0.39 is 0 Å². The predicted octanol–water partition coefficient (Wildman–Crippen LogP) is 6.13. The van der Waals surface area contributed by atoms with Gasteiger partial charge in [-0.25, -0.2) is 9.97 Å². The van der Waals surface area contributed by atoms with Gasteiger partial charge in [0, 0.05) is 21.7 Å². The van der Waals surface area contributed by atoms with Crippen LogP contribution < -0.4 is 5.32 Å². The number of halogens is 1. The molecule has 0 aliphatic heterocycles. The van der Waals surface area contributed by atoms with Crippen LogP contribution in [0.15, 0.2) is 71.3 Å². The minimum Gasteiger partial charge on any atom is -0.325 e. The molecule has 4 rings (SSSR count). The molecule has 7 heteroatoms. The Bertz CT molecular complexity index is 1130. The summed E-state index contributed by atoms with van der Waals surface area (Å²) in [6, 6.07) is 17.3. The number of rotatable bonds is 5. The molecule has 0 saturated carbocycles. The molecule has 4 nitrogen and oxygen atoms in total. The third-order valence-corrected chi connectivity index (χ3v) is 6.39. The highest BCUT2D eigenvalue weighted by Gasteiger charge is 2.20. The first-order valence-electron chi connectivity index (χ1n) is 8.62. The minimum absolute atomic E-state index is 0.101. The van der Waals surface area contributed by atoms with E-state index in [0.717, 1.165) is 26.4 Å². The van der Waals surface area contributed by atoms with Crippen molar-refractivity contribution in [3.8, 4) is 11.1 Å². The van der Waals surface area contributed by atoms with Crippen LogP contribution in [0.5, 0.6) is 0 Å². The second kappa shape index (κ2) is 8.31. The first kappa shape index (κ1) is 18.9. The van der Waals surface area contributed by atoms with E-state index in [0.29, 0.717) is 10.7 Å². The van der Waals surface area contributed by atoms with Crippen molar-refractivity contribution in [3.63, 3.8) is 0 Å². The molecule has 0 bridgehead atoms. The average molecular weight is 426 g/mol. The van der Waals surface area contributed by atoms with E-state index in [9.17, 15) is 4.79 Å². The smallest absolute Gasteiger partial charge is 0.237 e. The highest BCUT2D eigenvalue weighted by Crippen LogP contribution is 2.39. The highest BCUT2D eigenvalue weighted by atomic mass is 35.5. The number of hydrogen-bond acceptors (Lipinski definition) is 5. The van der Waals surface area contributed by atoms with Gasteiger partial charge < -0.3 is 5.32 Å². The van der Waals surface area contributed by atoms with E-state index in [2.05, 4.69) is 32.8 Å². The first-order chi connectivity index (χ1) is 13.6. The van der Waals surface area contributed by atoms with Gasteiger partial charge in [-0.05, 0) is 30.7 Å². The van der Waals surface area contributed by atoms with Crippen LogP contribution in [0.2, 0.25) is 5.02 Å². The molecular weight excluding hydrogens is 410 g/mol. The van der Waals surface area contributed by atoms with Gasteiger partial charge in [-0.2, -0.15) is 0 Å². The van der Waals surface area contributed by atoms with Crippen molar-refractivity contribution in [2.45, 2.75) is 17.2 Å². The van der Waals surface area contributed by atoms with Gasteiger partial charge in [-0.3, -0.25) is 4.79 Å². The molecule has 140 valence electrons. The largest absolute Gasteiger partial charge is 0.325 e. The molecule has 1 amide bonds. The number of thiophene rings is 1. The van der Waals surface area contributed by atoms with E-state index in [1.54, 1.807) is 35.9 Å². The molecule has 28 heavy (non-hydrogen) atoms. The number of carbonyl (C=O) groups is 1. The number of carbonyl (C=O) groups excluding carboxylic acids is 1. The predicted molar refractivity (Wildman–Crippen MR) is 118 cm³/mol. The summed E-state index contributed by atoms with van der Waals surface area (Å²) < 4.78 is 0. The van der Waals surface area contributed by atoms with Gasteiger partial charge in [0.25, 0.3) is 0 Å². The average Bonchev–Trinajstić information content (AvgIpc) is 3.14. The van der Waals surface area contributed by atoms with Crippen molar-refractivity contribution in [3.05, 3.63) is 71.3 Å². The van der Waals surface area contributed by atoms with Crippen LogP contribution in [0, 0.1) is 0 Å². The number of aromatic nitrogens is 2. The third-order valence-electron chi connectivity index (χ3n) is 4.17. The summed E-state index contributed by atoms with van der Waals surface area (Å²) in [5.74, 6) is -0.101. The summed E-state index contributed by atoms with van der Waals surface area (Å²) in [6.07, 6.45) is 1.55. The van der Waals surface area contributed by atoms with Crippen molar-refractivity contribution in [1.29, 1.82) is 0 Å². The fraction of sp³-hybridized carbons (Fsp3) is 0.0952. The monoisotopic (exact) mass is 425 g/mol. The number of anilines is 1.